The zero-order valence-corrected chi connectivity index (χ0v) is 15.1. The van der Waals surface area contributed by atoms with E-state index in [4.69, 9.17) is 0 Å². The number of pyridine rings is 1. The van der Waals surface area contributed by atoms with E-state index in [0.29, 0.717) is 12.3 Å². The number of carbonyl (C=O) groups is 1. The normalized spacial score (nSPS) is 12.6. The lowest BCUT2D eigenvalue weighted by molar-refractivity contribution is -0.137. The third-order valence-electron chi connectivity index (χ3n) is 4.06. The molecule has 1 amide bonds. The van der Waals surface area contributed by atoms with Gasteiger partial charge in [-0.15, -0.1) is 0 Å². The third kappa shape index (κ3) is 4.36. The Kier molecular flexibility index (Phi) is 5.80. The number of hydrogen-bond donors (Lipinski definition) is 0. The third-order valence-corrected chi connectivity index (χ3v) is 4.06. The number of carbonyl (C=O) groups excluding carboxylic acids is 1. The van der Waals surface area contributed by atoms with Crippen molar-refractivity contribution < 1.29 is 22.4 Å². The second kappa shape index (κ2) is 8.29. The van der Waals surface area contributed by atoms with Crippen molar-refractivity contribution in [3.05, 3.63) is 60.2 Å². The van der Waals surface area contributed by atoms with Crippen molar-refractivity contribution in [2.24, 2.45) is 0 Å². The van der Waals surface area contributed by atoms with E-state index in [1.54, 1.807) is 13.0 Å². The molecule has 1 atom stereocenters. The van der Waals surface area contributed by atoms with Crippen molar-refractivity contribution in [3.8, 4) is 5.95 Å². The smallest absolute Gasteiger partial charge is 0.326 e. The van der Waals surface area contributed by atoms with Gasteiger partial charge in [-0.2, -0.15) is 23.0 Å². The average molecular weight is 409 g/mol. The Bertz CT molecular complexity index is 977. The summed E-state index contributed by atoms with van der Waals surface area (Å²) in [4.78, 5) is 29.6. The minimum atomic E-state index is -4.66. The Hall–Kier alpha value is -3.44. The second-order valence-corrected chi connectivity index (χ2v) is 5.90. The zero-order valence-electron chi connectivity index (χ0n) is 15.1. The molecule has 3 aromatic heterocycles. The average Bonchev–Trinajstić information content (AvgIpc) is 3.21. The number of amides is 1. The van der Waals surface area contributed by atoms with Crippen LogP contribution in [0.4, 0.5) is 17.6 Å². The molecule has 0 saturated carbocycles. The highest BCUT2D eigenvalue weighted by Gasteiger charge is 2.33. The minimum Gasteiger partial charge on any atom is -0.326 e. The molecule has 29 heavy (non-hydrogen) atoms. The molecule has 0 N–H and O–H groups in total. The molecule has 0 aliphatic heterocycles. The molecule has 0 spiro atoms. The fourth-order valence-corrected chi connectivity index (χ4v) is 2.67. The van der Waals surface area contributed by atoms with Crippen LogP contribution in [0.2, 0.25) is 0 Å². The summed E-state index contributed by atoms with van der Waals surface area (Å²) in [6.45, 7) is 0.287. The number of halogens is 4. The summed E-state index contributed by atoms with van der Waals surface area (Å²) >= 11 is 0. The molecule has 3 heterocycles. The summed E-state index contributed by atoms with van der Waals surface area (Å²) in [6, 6.07) is 1.45. The topological polar surface area (TPSA) is 89.7 Å². The number of hydrogen-bond acceptors (Lipinski definition) is 6. The number of rotatable bonds is 6. The van der Waals surface area contributed by atoms with E-state index in [-0.39, 0.29) is 23.9 Å². The van der Waals surface area contributed by atoms with Crippen LogP contribution in [0.1, 0.15) is 34.7 Å². The largest absolute Gasteiger partial charge is 0.417 e. The molecular formula is C17H15F4N7O. The van der Waals surface area contributed by atoms with Gasteiger partial charge in [0, 0.05) is 24.8 Å². The van der Waals surface area contributed by atoms with E-state index in [9.17, 15) is 22.4 Å². The maximum Gasteiger partial charge on any atom is 0.417 e. The van der Waals surface area contributed by atoms with Crippen LogP contribution >= 0.6 is 0 Å². The summed E-state index contributed by atoms with van der Waals surface area (Å²) in [5.41, 5.74) is -1.39. The summed E-state index contributed by atoms with van der Waals surface area (Å²) in [6.07, 6.45) is 1.13. The van der Waals surface area contributed by atoms with Crippen LogP contribution in [-0.4, -0.2) is 53.7 Å². The van der Waals surface area contributed by atoms with Crippen LogP contribution in [0, 0.1) is 0 Å². The van der Waals surface area contributed by atoms with E-state index in [2.05, 4.69) is 25.0 Å². The summed E-state index contributed by atoms with van der Waals surface area (Å²) in [5.74, 6) is -0.421. The van der Waals surface area contributed by atoms with Crippen molar-refractivity contribution in [2.45, 2.75) is 19.1 Å². The van der Waals surface area contributed by atoms with E-state index < -0.39 is 30.4 Å². The van der Waals surface area contributed by atoms with E-state index >= 15 is 0 Å². The fourth-order valence-electron chi connectivity index (χ4n) is 2.67. The Morgan fingerprint density at radius 2 is 1.93 bits per heavy atom. The predicted molar refractivity (Wildman–Crippen MR) is 91.6 cm³/mol. The van der Waals surface area contributed by atoms with Gasteiger partial charge in [-0.25, -0.2) is 19.3 Å². The highest BCUT2D eigenvalue weighted by molar-refractivity contribution is 5.94. The van der Waals surface area contributed by atoms with Crippen LogP contribution in [0.3, 0.4) is 0 Å². The Morgan fingerprint density at radius 1 is 1.21 bits per heavy atom. The molecule has 0 fully saturated rings. The SMILES string of the molecule is CC(c1ncnn1-c1ncccn1)N(CCF)C(=O)c1cncc(C(F)(F)F)c1. The van der Waals surface area contributed by atoms with Gasteiger partial charge >= 0.3 is 6.18 Å². The molecule has 0 aliphatic rings. The van der Waals surface area contributed by atoms with E-state index in [1.807, 2.05) is 0 Å². The molecule has 0 bridgehead atoms. The van der Waals surface area contributed by atoms with Crippen molar-refractivity contribution in [1.29, 1.82) is 0 Å². The van der Waals surface area contributed by atoms with Gasteiger partial charge in [-0.3, -0.25) is 9.78 Å². The first-order chi connectivity index (χ1) is 13.8. The molecule has 1 unspecified atom stereocenters. The zero-order chi connectivity index (χ0) is 21.0. The lowest BCUT2D eigenvalue weighted by atomic mass is 10.1. The molecule has 3 rings (SSSR count). The van der Waals surface area contributed by atoms with Crippen LogP contribution in [0.5, 0.6) is 0 Å². The van der Waals surface area contributed by atoms with Gasteiger partial charge in [-0.1, -0.05) is 0 Å². The van der Waals surface area contributed by atoms with Crippen LogP contribution < -0.4 is 0 Å². The first-order valence-corrected chi connectivity index (χ1v) is 8.39. The lowest BCUT2D eigenvalue weighted by Crippen LogP contribution is -2.37. The summed E-state index contributed by atoms with van der Waals surface area (Å²) in [5, 5.41) is 4.02. The predicted octanol–water partition coefficient (Wildman–Crippen LogP) is 2.64. The number of alkyl halides is 4. The van der Waals surface area contributed by atoms with Gasteiger partial charge < -0.3 is 4.90 Å². The molecule has 0 aliphatic carbocycles. The van der Waals surface area contributed by atoms with Gasteiger partial charge in [0.1, 0.15) is 13.0 Å². The molecule has 0 saturated heterocycles. The second-order valence-electron chi connectivity index (χ2n) is 5.90. The van der Waals surface area contributed by atoms with Crippen molar-refractivity contribution in [3.63, 3.8) is 0 Å². The van der Waals surface area contributed by atoms with E-state index in [1.165, 1.54) is 23.4 Å². The van der Waals surface area contributed by atoms with Gasteiger partial charge in [0.15, 0.2) is 5.82 Å². The standard InChI is InChI=1S/C17H15F4N7O/c1-11(14-25-10-26-28(14)16-23-4-2-5-24-16)27(6-3-18)15(29)12-7-13(9-22-8-12)17(19,20)21/h2,4-5,7-11H,3,6H2,1H3. The summed E-state index contributed by atoms with van der Waals surface area (Å²) < 4.78 is 53.3. The highest BCUT2D eigenvalue weighted by Crippen LogP contribution is 2.30. The van der Waals surface area contributed by atoms with Crippen molar-refractivity contribution in [1.82, 2.24) is 34.6 Å². The maximum atomic E-state index is 13.2. The molecule has 0 aromatic carbocycles. The van der Waals surface area contributed by atoms with Gasteiger partial charge in [-0.05, 0) is 19.1 Å². The number of nitrogens with zero attached hydrogens (tertiary/aromatic N) is 7. The summed E-state index contributed by atoms with van der Waals surface area (Å²) in [7, 11) is 0. The maximum absolute atomic E-state index is 13.2. The molecule has 3 aromatic rings. The molecule has 0 radical (unpaired) electrons. The fraction of sp³-hybridized carbons (Fsp3) is 0.294. The monoisotopic (exact) mass is 409 g/mol. The van der Waals surface area contributed by atoms with Crippen LogP contribution in [-0.2, 0) is 6.18 Å². The molecule has 8 nitrogen and oxygen atoms in total. The van der Waals surface area contributed by atoms with Gasteiger partial charge in [0.25, 0.3) is 11.9 Å². The Balaban J connectivity index is 1.95. The van der Waals surface area contributed by atoms with Gasteiger partial charge in [0.05, 0.1) is 23.7 Å². The lowest BCUT2D eigenvalue weighted by Gasteiger charge is -2.28. The Morgan fingerprint density at radius 3 is 2.59 bits per heavy atom. The number of aromatic nitrogens is 6. The first-order valence-electron chi connectivity index (χ1n) is 8.39. The molecule has 152 valence electrons. The Labute approximate surface area is 162 Å². The highest BCUT2D eigenvalue weighted by atomic mass is 19.4. The van der Waals surface area contributed by atoms with Crippen molar-refractivity contribution >= 4 is 5.91 Å². The van der Waals surface area contributed by atoms with Crippen LogP contribution in [0.15, 0.2) is 43.2 Å². The first kappa shape index (κ1) is 20.3. The molecule has 12 heteroatoms. The van der Waals surface area contributed by atoms with Gasteiger partial charge in [0.2, 0.25) is 0 Å². The minimum absolute atomic E-state index is 0.181. The molecular weight excluding hydrogens is 394 g/mol. The van der Waals surface area contributed by atoms with E-state index in [0.717, 1.165) is 11.1 Å². The van der Waals surface area contributed by atoms with Crippen molar-refractivity contribution in [2.75, 3.05) is 13.2 Å². The quantitative estimate of drug-likeness (QED) is 0.582. The van der Waals surface area contributed by atoms with Crippen LogP contribution in [0.25, 0.3) is 5.95 Å².